The summed E-state index contributed by atoms with van der Waals surface area (Å²) in [7, 11) is 0. The first-order chi connectivity index (χ1) is 14.5. The van der Waals surface area contributed by atoms with Crippen LogP contribution in [-0.2, 0) is 17.8 Å². The summed E-state index contributed by atoms with van der Waals surface area (Å²) >= 11 is 3.47. The van der Waals surface area contributed by atoms with Crippen molar-refractivity contribution in [3.63, 3.8) is 0 Å². The van der Waals surface area contributed by atoms with Gasteiger partial charge in [0.2, 0.25) is 0 Å². The van der Waals surface area contributed by atoms with E-state index in [0.29, 0.717) is 12.6 Å². The van der Waals surface area contributed by atoms with Gasteiger partial charge in [-0.3, -0.25) is 9.36 Å². The first kappa shape index (κ1) is 22.3. The monoisotopic (exact) mass is 448 g/mol. The highest BCUT2D eigenvalue weighted by molar-refractivity contribution is 7.99. The molecule has 0 saturated heterocycles. The van der Waals surface area contributed by atoms with Crippen LogP contribution in [0.2, 0.25) is 0 Å². The highest BCUT2D eigenvalue weighted by atomic mass is 32.2. The van der Waals surface area contributed by atoms with Crippen molar-refractivity contribution in [1.82, 2.24) is 9.55 Å². The number of hydrogen-bond acceptors (Lipinski definition) is 5. The minimum Gasteiger partial charge on any atom is -0.370 e. The Hall–Kier alpha value is -0.850. The Labute approximate surface area is 188 Å². The van der Waals surface area contributed by atoms with Crippen molar-refractivity contribution in [1.29, 1.82) is 0 Å². The largest absolute Gasteiger partial charge is 0.370 e. The van der Waals surface area contributed by atoms with Gasteiger partial charge in [0.15, 0.2) is 5.16 Å². The third-order valence-electron chi connectivity index (χ3n) is 6.52. The van der Waals surface area contributed by atoms with Crippen LogP contribution in [0.4, 0.5) is 0 Å². The number of unbranched alkanes of at least 4 members (excludes halogenated alkanes) is 4. The van der Waals surface area contributed by atoms with Gasteiger partial charge in [-0.15, -0.1) is 11.3 Å². The first-order valence-electron chi connectivity index (χ1n) is 11.8. The van der Waals surface area contributed by atoms with E-state index >= 15 is 0 Å². The van der Waals surface area contributed by atoms with Crippen LogP contribution in [0.5, 0.6) is 0 Å². The molecule has 1 fully saturated rings. The van der Waals surface area contributed by atoms with Crippen LogP contribution in [0.3, 0.4) is 0 Å². The Morgan fingerprint density at radius 3 is 2.70 bits per heavy atom. The maximum Gasteiger partial charge on any atom is 0.263 e. The average molecular weight is 449 g/mol. The predicted molar refractivity (Wildman–Crippen MR) is 128 cm³/mol. The maximum absolute atomic E-state index is 13.8. The maximum atomic E-state index is 13.8. The van der Waals surface area contributed by atoms with Crippen molar-refractivity contribution in [3.05, 3.63) is 20.8 Å². The fourth-order valence-electron chi connectivity index (χ4n) is 4.82. The van der Waals surface area contributed by atoms with E-state index < -0.39 is 0 Å². The Kier molecular flexibility index (Phi) is 7.26. The second-order valence-electron chi connectivity index (χ2n) is 9.53. The molecule has 2 aliphatic rings. The second kappa shape index (κ2) is 9.74. The third-order valence-corrected chi connectivity index (χ3v) is 8.66. The van der Waals surface area contributed by atoms with Gasteiger partial charge in [0.05, 0.1) is 17.6 Å². The lowest BCUT2D eigenvalue weighted by Gasteiger charge is -2.30. The number of aromatic nitrogens is 2. The summed E-state index contributed by atoms with van der Waals surface area (Å²) in [6.45, 7) is 7.10. The molecule has 0 N–H and O–H groups in total. The summed E-state index contributed by atoms with van der Waals surface area (Å²) in [6.07, 6.45) is 13.1. The molecule has 0 unspecified atom stereocenters. The number of thioether (sulfide) groups is 1. The molecule has 4 rings (SSSR count). The van der Waals surface area contributed by atoms with Crippen molar-refractivity contribution in [3.8, 4) is 0 Å². The van der Waals surface area contributed by atoms with E-state index in [1.165, 1.54) is 61.8 Å². The van der Waals surface area contributed by atoms with Crippen molar-refractivity contribution in [2.45, 2.75) is 115 Å². The minimum absolute atomic E-state index is 0.204. The molecule has 166 valence electrons. The van der Waals surface area contributed by atoms with Crippen LogP contribution in [0.15, 0.2) is 9.95 Å². The fraction of sp³-hybridized carbons (Fsp3) is 0.750. The van der Waals surface area contributed by atoms with E-state index in [0.717, 1.165) is 40.4 Å². The summed E-state index contributed by atoms with van der Waals surface area (Å²) in [5.74, 6) is 1.05. The molecule has 0 radical (unpaired) electrons. The summed E-state index contributed by atoms with van der Waals surface area (Å²) in [4.78, 5) is 21.1. The lowest BCUT2D eigenvalue weighted by molar-refractivity contribution is -0.0379. The van der Waals surface area contributed by atoms with E-state index in [2.05, 4.69) is 25.3 Å². The zero-order valence-corrected chi connectivity index (χ0v) is 20.4. The fourth-order valence-corrected chi connectivity index (χ4v) is 7.03. The van der Waals surface area contributed by atoms with Crippen LogP contribution in [0.1, 0.15) is 101 Å². The number of hydrogen-bond donors (Lipinski definition) is 0. The van der Waals surface area contributed by atoms with Gasteiger partial charge in [0.1, 0.15) is 4.83 Å². The lowest BCUT2D eigenvalue weighted by atomic mass is 9.93. The third kappa shape index (κ3) is 4.81. The first-order valence-corrected chi connectivity index (χ1v) is 13.6. The summed E-state index contributed by atoms with van der Waals surface area (Å²) in [5, 5.41) is 1.83. The highest BCUT2D eigenvalue weighted by Crippen LogP contribution is 2.39. The summed E-state index contributed by atoms with van der Waals surface area (Å²) < 4.78 is 8.11. The smallest absolute Gasteiger partial charge is 0.263 e. The molecule has 1 saturated carbocycles. The van der Waals surface area contributed by atoms with Gasteiger partial charge in [0, 0.05) is 23.1 Å². The molecule has 30 heavy (non-hydrogen) atoms. The van der Waals surface area contributed by atoms with Crippen LogP contribution < -0.4 is 5.56 Å². The van der Waals surface area contributed by atoms with Crippen LogP contribution in [-0.4, -0.2) is 20.9 Å². The van der Waals surface area contributed by atoms with Crippen molar-refractivity contribution < 1.29 is 4.74 Å². The Morgan fingerprint density at radius 1 is 1.17 bits per heavy atom. The summed E-state index contributed by atoms with van der Waals surface area (Å²) in [5.41, 5.74) is 1.19. The van der Waals surface area contributed by atoms with Crippen molar-refractivity contribution in [2.75, 3.05) is 5.75 Å². The Morgan fingerprint density at radius 2 is 1.93 bits per heavy atom. The Balaban J connectivity index is 1.68. The molecule has 2 aromatic rings. The molecule has 3 heterocycles. The Bertz CT molecular complexity index is 925. The number of rotatable bonds is 8. The number of ether oxygens (including phenoxy) is 1. The molecule has 2 aromatic heterocycles. The van der Waals surface area contributed by atoms with Gasteiger partial charge in [-0.05, 0) is 38.7 Å². The van der Waals surface area contributed by atoms with Gasteiger partial charge < -0.3 is 4.74 Å². The van der Waals surface area contributed by atoms with Gasteiger partial charge in [-0.1, -0.05) is 63.6 Å². The van der Waals surface area contributed by atoms with Crippen molar-refractivity contribution >= 4 is 33.3 Å². The molecule has 0 aromatic carbocycles. The standard InChI is InChI=1S/C24H36N2O2S2/c1-4-5-6-7-11-14-29-23-25-21-20(18-15-24(2,3)28-16-19(18)30-21)22(27)26(23)17-12-9-8-10-13-17/h17H,4-16H2,1-3H3. The SMILES string of the molecule is CCCCCCCSc1nc2sc3c(c2c(=O)n1C1CCCCC1)CC(C)(C)OC3. The molecule has 0 spiro atoms. The molecule has 6 heteroatoms. The predicted octanol–water partition coefficient (Wildman–Crippen LogP) is 6.88. The van der Waals surface area contributed by atoms with Crippen LogP contribution >= 0.6 is 23.1 Å². The van der Waals surface area contributed by atoms with Crippen molar-refractivity contribution in [2.24, 2.45) is 0 Å². The number of nitrogens with zero attached hydrogens (tertiary/aromatic N) is 2. The quantitative estimate of drug-likeness (QED) is 0.251. The molecular formula is C24H36N2O2S2. The molecule has 1 aliphatic carbocycles. The minimum atomic E-state index is -0.213. The van der Waals surface area contributed by atoms with E-state index in [-0.39, 0.29) is 11.2 Å². The van der Waals surface area contributed by atoms with E-state index in [4.69, 9.17) is 9.72 Å². The zero-order chi connectivity index (χ0) is 21.1. The molecule has 0 atom stereocenters. The number of fused-ring (bicyclic) bond motifs is 3. The highest BCUT2D eigenvalue weighted by Gasteiger charge is 2.32. The van der Waals surface area contributed by atoms with E-state index in [1.54, 1.807) is 23.1 Å². The second-order valence-corrected chi connectivity index (χ2v) is 11.7. The number of thiophene rings is 1. The van der Waals surface area contributed by atoms with Crippen LogP contribution in [0.25, 0.3) is 10.2 Å². The molecule has 0 amide bonds. The zero-order valence-electron chi connectivity index (χ0n) is 18.8. The molecule has 1 aliphatic heterocycles. The van der Waals surface area contributed by atoms with E-state index in [1.807, 2.05) is 0 Å². The van der Waals surface area contributed by atoms with Gasteiger partial charge >= 0.3 is 0 Å². The molecule has 0 bridgehead atoms. The normalized spacial score (nSPS) is 19.3. The van der Waals surface area contributed by atoms with Gasteiger partial charge in [-0.25, -0.2) is 4.98 Å². The topological polar surface area (TPSA) is 44.1 Å². The molecular weight excluding hydrogens is 412 g/mol. The lowest BCUT2D eigenvalue weighted by Crippen LogP contribution is -2.33. The van der Waals surface area contributed by atoms with Crippen LogP contribution in [0, 0.1) is 0 Å². The van der Waals surface area contributed by atoms with E-state index in [9.17, 15) is 4.79 Å². The summed E-state index contributed by atoms with van der Waals surface area (Å²) in [6, 6.07) is 0.314. The average Bonchev–Trinajstić information content (AvgIpc) is 3.08. The van der Waals surface area contributed by atoms with Gasteiger partial charge in [0.25, 0.3) is 5.56 Å². The van der Waals surface area contributed by atoms with Gasteiger partial charge in [-0.2, -0.15) is 0 Å². The molecule has 4 nitrogen and oxygen atoms in total.